The Kier molecular flexibility index (Phi) is 6.34. The molecule has 1 saturated carbocycles. The van der Waals surface area contributed by atoms with E-state index in [9.17, 15) is 0 Å². The van der Waals surface area contributed by atoms with E-state index >= 15 is 0 Å². The first-order chi connectivity index (χ1) is 19.3. The molecule has 0 spiro atoms. The van der Waals surface area contributed by atoms with Crippen molar-refractivity contribution in [3.63, 3.8) is 0 Å². The highest BCUT2D eigenvalue weighted by Gasteiger charge is 2.17. The molecule has 0 saturated heterocycles. The van der Waals surface area contributed by atoms with Gasteiger partial charge >= 0.3 is 0 Å². The number of nitrogens with zero attached hydrogens (tertiary/aromatic N) is 1. The molecule has 7 rings (SSSR count). The van der Waals surface area contributed by atoms with E-state index in [1.165, 1.54) is 87.4 Å². The summed E-state index contributed by atoms with van der Waals surface area (Å²) in [5.74, 6) is 0.715. The first-order valence-electron chi connectivity index (χ1n) is 14.3. The van der Waals surface area contributed by atoms with Crippen molar-refractivity contribution in [2.75, 3.05) is 4.90 Å². The number of hydrogen-bond acceptors (Lipinski definition) is 1. The van der Waals surface area contributed by atoms with Crippen LogP contribution in [-0.2, 0) is 0 Å². The van der Waals surface area contributed by atoms with Crippen LogP contribution in [0, 0.1) is 0 Å². The second-order valence-corrected chi connectivity index (χ2v) is 10.9. The Morgan fingerprint density at radius 3 is 1.72 bits per heavy atom. The second-order valence-electron chi connectivity index (χ2n) is 10.9. The van der Waals surface area contributed by atoms with E-state index in [1.54, 1.807) is 0 Å². The van der Waals surface area contributed by atoms with Gasteiger partial charge in [-0.15, -0.1) is 0 Å². The summed E-state index contributed by atoms with van der Waals surface area (Å²) >= 11 is 0. The minimum atomic E-state index is 0.715. The highest BCUT2D eigenvalue weighted by atomic mass is 15.1. The molecule has 1 nitrogen and oxygen atoms in total. The van der Waals surface area contributed by atoms with E-state index in [1.807, 2.05) is 0 Å². The smallest absolute Gasteiger partial charge is 0.0468 e. The molecule has 0 unspecified atom stereocenters. The molecule has 1 heteroatoms. The Morgan fingerprint density at radius 2 is 0.974 bits per heavy atom. The molecule has 1 aliphatic rings. The van der Waals surface area contributed by atoms with Gasteiger partial charge in [0.05, 0.1) is 0 Å². The second kappa shape index (κ2) is 10.4. The molecule has 6 aromatic carbocycles. The molecule has 0 aliphatic heterocycles. The zero-order valence-corrected chi connectivity index (χ0v) is 22.3. The van der Waals surface area contributed by atoms with Gasteiger partial charge in [-0.1, -0.05) is 104 Å². The predicted molar refractivity (Wildman–Crippen MR) is 167 cm³/mol. The fourth-order valence-corrected chi connectivity index (χ4v) is 6.28. The number of anilines is 3. The topological polar surface area (TPSA) is 3.24 Å². The van der Waals surface area contributed by atoms with Crippen LogP contribution in [0.15, 0.2) is 133 Å². The van der Waals surface area contributed by atoms with Crippen molar-refractivity contribution in [3.8, 4) is 11.1 Å². The normalized spacial score (nSPS) is 14.1. The summed E-state index contributed by atoms with van der Waals surface area (Å²) in [6.07, 6.45) is 6.76. The third-order valence-corrected chi connectivity index (χ3v) is 8.41. The fourth-order valence-electron chi connectivity index (χ4n) is 6.28. The van der Waals surface area contributed by atoms with E-state index in [4.69, 9.17) is 0 Å². The molecule has 0 N–H and O–H groups in total. The first-order valence-corrected chi connectivity index (χ1v) is 14.3. The highest BCUT2D eigenvalue weighted by Crippen LogP contribution is 2.39. The average Bonchev–Trinajstić information content (AvgIpc) is 3.02. The van der Waals surface area contributed by atoms with E-state index in [0.29, 0.717) is 5.92 Å². The van der Waals surface area contributed by atoms with Crippen LogP contribution in [0.1, 0.15) is 43.6 Å². The Bertz CT molecular complexity index is 1730. The molecule has 0 amide bonds. The SMILES string of the molecule is c1ccc(N(c2ccc(C3CCCCC3)cc2)c2ccc3ccc(-c4ccc5ccccc5c4)cc3c2)cc1. The monoisotopic (exact) mass is 503 g/mol. The Balaban J connectivity index is 1.28. The van der Waals surface area contributed by atoms with Gasteiger partial charge in [-0.05, 0) is 106 Å². The van der Waals surface area contributed by atoms with Crippen LogP contribution in [0.3, 0.4) is 0 Å². The van der Waals surface area contributed by atoms with Crippen molar-refractivity contribution in [2.24, 2.45) is 0 Å². The van der Waals surface area contributed by atoms with Crippen LogP contribution in [0.4, 0.5) is 17.1 Å². The van der Waals surface area contributed by atoms with Gasteiger partial charge in [0, 0.05) is 17.1 Å². The van der Waals surface area contributed by atoms with Crippen LogP contribution in [0.2, 0.25) is 0 Å². The standard InChI is InChI=1S/C38H33N/c1-3-9-28(10-4-1)30-19-22-37(23-20-30)39(36-13-5-2-6-14-36)38-24-21-31-16-18-34(26-35(31)27-38)33-17-15-29-11-7-8-12-32(29)25-33/h2,5-8,11-28H,1,3-4,9-10H2. The van der Waals surface area contributed by atoms with Gasteiger partial charge in [0.25, 0.3) is 0 Å². The third-order valence-electron chi connectivity index (χ3n) is 8.41. The van der Waals surface area contributed by atoms with Gasteiger partial charge in [0.2, 0.25) is 0 Å². The minimum absolute atomic E-state index is 0.715. The number of hydrogen-bond donors (Lipinski definition) is 0. The maximum absolute atomic E-state index is 2.38. The summed E-state index contributed by atoms with van der Waals surface area (Å²) in [7, 11) is 0. The van der Waals surface area contributed by atoms with Gasteiger partial charge in [0.1, 0.15) is 0 Å². The molecule has 0 atom stereocenters. The van der Waals surface area contributed by atoms with E-state index in [2.05, 4.69) is 138 Å². The van der Waals surface area contributed by atoms with Crippen LogP contribution in [0.25, 0.3) is 32.7 Å². The van der Waals surface area contributed by atoms with Gasteiger partial charge in [-0.25, -0.2) is 0 Å². The van der Waals surface area contributed by atoms with Gasteiger partial charge in [-0.2, -0.15) is 0 Å². The van der Waals surface area contributed by atoms with Crippen molar-refractivity contribution < 1.29 is 0 Å². The maximum atomic E-state index is 2.38. The molecule has 39 heavy (non-hydrogen) atoms. The Morgan fingerprint density at radius 1 is 0.410 bits per heavy atom. The lowest BCUT2D eigenvalue weighted by Gasteiger charge is -2.27. The first kappa shape index (κ1) is 23.7. The van der Waals surface area contributed by atoms with Gasteiger partial charge in [0.15, 0.2) is 0 Å². The van der Waals surface area contributed by atoms with E-state index in [0.717, 1.165) is 0 Å². The molecule has 1 fully saturated rings. The summed E-state index contributed by atoms with van der Waals surface area (Å²) in [4.78, 5) is 2.38. The molecule has 1 aliphatic carbocycles. The van der Waals surface area contributed by atoms with Gasteiger partial charge < -0.3 is 4.90 Å². The summed E-state index contributed by atoms with van der Waals surface area (Å²) in [6, 6.07) is 49.1. The lowest BCUT2D eigenvalue weighted by Crippen LogP contribution is -2.10. The maximum Gasteiger partial charge on any atom is 0.0468 e. The molecule has 0 heterocycles. The molecule has 0 radical (unpaired) electrons. The molecule has 0 aromatic heterocycles. The van der Waals surface area contributed by atoms with E-state index < -0.39 is 0 Å². The summed E-state index contributed by atoms with van der Waals surface area (Å²) in [6.45, 7) is 0. The van der Waals surface area contributed by atoms with Crippen molar-refractivity contribution in [3.05, 3.63) is 139 Å². The number of fused-ring (bicyclic) bond motifs is 2. The van der Waals surface area contributed by atoms with Crippen LogP contribution in [-0.4, -0.2) is 0 Å². The average molecular weight is 504 g/mol. The van der Waals surface area contributed by atoms with Crippen molar-refractivity contribution in [1.29, 1.82) is 0 Å². The predicted octanol–water partition coefficient (Wildman–Crippen LogP) is 11.2. The number of benzene rings is 6. The van der Waals surface area contributed by atoms with Crippen molar-refractivity contribution >= 4 is 38.6 Å². The molecule has 190 valence electrons. The van der Waals surface area contributed by atoms with E-state index in [-0.39, 0.29) is 0 Å². The summed E-state index contributed by atoms with van der Waals surface area (Å²) < 4.78 is 0. The largest absolute Gasteiger partial charge is 0.310 e. The van der Waals surface area contributed by atoms with Crippen LogP contribution >= 0.6 is 0 Å². The van der Waals surface area contributed by atoms with Crippen molar-refractivity contribution in [1.82, 2.24) is 0 Å². The summed E-state index contributed by atoms with van der Waals surface area (Å²) in [5.41, 5.74) is 7.53. The number of rotatable bonds is 5. The van der Waals surface area contributed by atoms with Crippen LogP contribution in [0.5, 0.6) is 0 Å². The Labute approximate surface area is 231 Å². The molecular weight excluding hydrogens is 470 g/mol. The fraction of sp³-hybridized carbons (Fsp3) is 0.158. The molecule has 6 aromatic rings. The zero-order valence-electron chi connectivity index (χ0n) is 22.3. The highest BCUT2D eigenvalue weighted by molar-refractivity contribution is 5.94. The molecule has 0 bridgehead atoms. The minimum Gasteiger partial charge on any atom is -0.310 e. The summed E-state index contributed by atoms with van der Waals surface area (Å²) in [5, 5.41) is 5.05. The van der Waals surface area contributed by atoms with Gasteiger partial charge in [-0.3, -0.25) is 0 Å². The number of para-hydroxylation sites is 1. The van der Waals surface area contributed by atoms with Crippen molar-refractivity contribution in [2.45, 2.75) is 38.0 Å². The van der Waals surface area contributed by atoms with Crippen LogP contribution < -0.4 is 4.90 Å². The Hall–Kier alpha value is -4.36. The lowest BCUT2D eigenvalue weighted by atomic mass is 9.84. The third kappa shape index (κ3) is 4.81. The lowest BCUT2D eigenvalue weighted by molar-refractivity contribution is 0.443. The quantitative estimate of drug-likeness (QED) is 0.226. The molecular formula is C38H33N. The zero-order chi connectivity index (χ0) is 26.0.